The van der Waals surface area contributed by atoms with Crippen molar-refractivity contribution in [1.29, 1.82) is 0 Å². The smallest absolute Gasteiger partial charge is 0.356 e. The van der Waals surface area contributed by atoms with Crippen LogP contribution in [0, 0.1) is 5.92 Å². The lowest BCUT2D eigenvalue weighted by molar-refractivity contribution is 0.0592. The summed E-state index contributed by atoms with van der Waals surface area (Å²) < 4.78 is 4.59. The highest BCUT2D eigenvalue weighted by Gasteiger charge is 2.13. The predicted octanol–water partition coefficient (Wildman–Crippen LogP) is 2.34. The lowest BCUT2D eigenvalue weighted by Gasteiger charge is -2.12. The van der Waals surface area contributed by atoms with Crippen LogP contribution in [0.15, 0.2) is 18.2 Å². The van der Waals surface area contributed by atoms with Crippen LogP contribution in [0.25, 0.3) is 0 Å². The number of ether oxygens (including phenoxy) is 1. The molecule has 0 saturated carbocycles. The second kappa shape index (κ2) is 6.35. The number of nitrogens with zero attached hydrogens (tertiary/aromatic N) is 1. The van der Waals surface area contributed by atoms with Gasteiger partial charge in [-0.25, -0.2) is 9.78 Å². The van der Waals surface area contributed by atoms with Crippen molar-refractivity contribution >= 4 is 5.97 Å². The van der Waals surface area contributed by atoms with Gasteiger partial charge in [0.05, 0.1) is 18.9 Å². The summed E-state index contributed by atoms with van der Waals surface area (Å²) in [5.74, 6) is 0.0522. The van der Waals surface area contributed by atoms with E-state index in [-0.39, 0.29) is 5.69 Å². The molecule has 4 heteroatoms. The maximum atomic E-state index is 11.3. The Hall–Kier alpha value is -1.42. The number of rotatable bonds is 5. The number of methoxy groups -OCH3 is 1. The fourth-order valence-electron chi connectivity index (χ4n) is 1.49. The molecule has 0 aliphatic rings. The standard InChI is InChI=1S/C13H19NO3/c1-9(2)7-8-12(15)10-5-4-6-11(14-10)13(16)17-3/h4-6,9,12,15H,7-8H2,1-3H3. The molecule has 0 bridgehead atoms. The third kappa shape index (κ3) is 4.15. The molecule has 0 aliphatic carbocycles. The molecule has 94 valence electrons. The van der Waals surface area contributed by atoms with Crippen LogP contribution in [-0.2, 0) is 4.74 Å². The summed E-state index contributed by atoms with van der Waals surface area (Å²) in [5.41, 5.74) is 0.752. The van der Waals surface area contributed by atoms with Crippen LogP contribution in [0.1, 0.15) is 49.0 Å². The van der Waals surface area contributed by atoms with E-state index < -0.39 is 12.1 Å². The van der Waals surface area contributed by atoms with Gasteiger partial charge in [0, 0.05) is 0 Å². The molecular weight excluding hydrogens is 218 g/mol. The van der Waals surface area contributed by atoms with Crippen LogP contribution in [0.2, 0.25) is 0 Å². The minimum Gasteiger partial charge on any atom is -0.464 e. The molecule has 0 saturated heterocycles. The Labute approximate surface area is 102 Å². The predicted molar refractivity (Wildman–Crippen MR) is 64.6 cm³/mol. The summed E-state index contributed by atoms with van der Waals surface area (Å²) in [4.78, 5) is 15.4. The second-order valence-corrected chi connectivity index (χ2v) is 4.43. The van der Waals surface area contributed by atoms with Crippen molar-refractivity contribution < 1.29 is 14.6 Å². The lowest BCUT2D eigenvalue weighted by Crippen LogP contribution is -2.08. The first-order valence-electron chi connectivity index (χ1n) is 5.78. The number of esters is 1. The first-order chi connectivity index (χ1) is 8.04. The zero-order valence-corrected chi connectivity index (χ0v) is 10.5. The van der Waals surface area contributed by atoms with Gasteiger partial charge in [-0.05, 0) is 30.9 Å². The summed E-state index contributed by atoms with van der Waals surface area (Å²) in [6, 6.07) is 5.00. The number of carbonyl (C=O) groups excluding carboxylic acids is 1. The minimum absolute atomic E-state index is 0.230. The molecule has 1 heterocycles. The molecule has 1 N–H and O–H groups in total. The number of carbonyl (C=O) groups is 1. The van der Waals surface area contributed by atoms with Gasteiger partial charge in [0.25, 0.3) is 0 Å². The van der Waals surface area contributed by atoms with Crippen molar-refractivity contribution in [2.24, 2.45) is 5.92 Å². The van der Waals surface area contributed by atoms with Crippen LogP contribution < -0.4 is 0 Å². The van der Waals surface area contributed by atoms with Gasteiger partial charge in [0.15, 0.2) is 0 Å². The molecule has 0 aliphatic heterocycles. The van der Waals surface area contributed by atoms with Crippen molar-refractivity contribution in [3.8, 4) is 0 Å². The van der Waals surface area contributed by atoms with Gasteiger partial charge in [0.1, 0.15) is 5.69 Å². The Balaban J connectivity index is 2.73. The van der Waals surface area contributed by atoms with Crippen LogP contribution in [0.5, 0.6) is 0 Å². The second-order valence-electron chi connectivity index (χ2n) is 4.43. The van der Waals surface area contributed by atoms with E-state index in [1.807, 2.05) is 0 Å². The van der Waals surface area contributed by atoms with Crippen LogP contribution in [0.4, 0.5) is 0 Å². The first-order valence-corrected chi connectivity index (χ1v) is 5.78. The summed E-state index contributed by atoms with van der Waals surface area (Å²) in [6.45, 7) is 4.20. The molecule has 17 heavy (non-hydrogen) atoms. The maximum absolute atomic E-state index is 11.3. The summed E-state index contributed by atoms with van der Waals surface area (Å²) in [6.07, 6.45) is 0.947. The number of pyridine rings is 1. The Morgan fingerprint density at radius 2 is 2.12 bits per heavy atom. The zero-order chi connectivity index (χ0) is 12.8. The molecule has 4 nitrogen and oxygen atoms in total. The highest BCUT2D eigenvalue weighted by molar-refractivity contribution is 5.87. The molecule has 0 fully saturated rings. The molecule has 1 aromatic rings. The molecule has 0 spiro atoms. The van der Waals surface area contributed by atoms with Crippen molar-refractivity contribution in [1.82, 2.24) is 4.98 Å². The van der Waals surface area contributed by atoms with Gasteiger partial charge in [0.2, 0.25) is 0 Å². The topological polar surface area (TPSA) is 59.4 Å². The van der Waals surface area contributed by atoms with Crippen LogP contribution in [0.3, 0.4) is 0 Å². The van der Waals surface area contributed by atoms with E-state index in [2.05, 4.69) is 23.6 Å². The number of aliphatic hydroxyl groups excluding tert-OH is 1. The average molecular weight is 237 g/mol. The van der Waals surface area contributed by atoms with E-state index in [0.29, 0.717) is 18.0 Å². The van der Waals surface area contributed by atoms with Gasteiger partial charge in [-0.1, -0.05) is 19.9 Å². The fourth-order valence-corrected chi connectivity index (χ4v) is 1.49. The molecule has 1 aromatic heterocycles. The number of hydrogen-bond donors (Lipinski definition) is 1. The highest BCUT2D eigenvalue weighted by Crippen LogP contribution is 2.19. The molecule has 0 amide bonds. The maximum Gasteiger partial charge on any atom is 0.356 e. The highest BCUT2D eigenvalue weighted by atomic mass is 16.5. The van der Waals surface area contributed by atoms with E-state index in [9.17, 15) is 9.90 Å². The van der Waals surface area contributed by atoms with E-state index >= 15 is 0 Å². The van der Waals surface area contributed by atoms with Crippen LogP contribution >= 0.6 is 0 Å². The Kier molecular flexibility index (Phi) is 5.10. The van der Waals surface area contributed by atoms with Crippen LogP contribution in [-0.4, -0.2) is 23.2 Å². The SMILES string of the molecule is COC(=O)c1cccc(C(O)CCC(C)C)n1. The Morgan fingerprint density at radius 1 is 1.41 bits per heavy atom. The summed E-state index contributed by atoms with van der Waals surface area (Å²) in [5, 5.41) is 9.93. The van der Waals surface area contributed by atoms with Gasteiger partial charge in [-0.15, -0.1) is 0 Å². The molecule has 0 aromatic carbocycles. The number of aromatic nitrogens is 1. The van der Waals surface area contributed by atoms with E-state index in [0.717, 1.165) is 6.42 Å². The van der Waals surface area contributed by atoms with Crippen molar-refractivity contribution in [3.05, 3.63) is 29.6 Å². The average Bonchev–Trinajstić information content (AvgIpc) is 2.35. The Bertz CT molecular complexity index is 377. The lowest BCUT2D eigenvalue weighted by atomic mass is 10.0. The minimum atomic E-state index is -0.623. The third-order valence-electron chi connectivity index (χ3n) is 2.52. The van der Waals surface area contributed by atoms with E-state index in [4.69, 9.17) is 0 Å². The molecule has 1 atom stereocenters. The number of aliphatic hydroxyl groups is 1. The fraction of sp³-hybridized carbons (Fsp3) is 0.538. The number of hydrogen-bond acceptors (Lipinski definition) is 4. The third-order valence-corrected chi connectivity index (χ3v) is 2.52. The van der Waals surface area contributed by atoms with E-state index in [1.54, 1.807) is 18.2 Å². The summed E-state index contributed by atoms with van der Waals surface area (Å²) >= 11 is 0. The van der Waals surface area contributed by atoms with Crippen molar-refractivity contribution in [2.45, 2.75) is 32.8 Å². The van der Waals surface area contributed by atoms with Gasteiger partial charge < -0.3 is 9.84 Å². The van der Waals surface area contributed by atoms with Gasteiger partial charge in [-0.3, -0.25) is 0 Å². The largest absolute Gasteiger partial charge is 0.464 e. The molecule has 1 rings (SSSR count). The quantitative estimate of drug-likeness (QED) is 0.798. The molecule has 0 radical (unpaired) electrons. The van der Waals surface area contributed by atoms with Crippen molar-refractivity contribution in [2.75, 3.05) is 7.11 Å². The van der Waals surface area contributed by atoms with E-state index in [1.165, 1.54) is 7.11 Å². The van der Waals surface area contributed by atoms with Gasteiger partial charge >= 0.3 is 5.97 Å². The monoisotopic (exact) mass is 237 g/mol. The van der Waals surface area contributed by atoms with Gasteiger partial charge in [-0.2, -0.15) is 0 Å². The summed E-state index contributed by atoms with van der Waals surface area (Å²) in [7, 11) is 1.31. The molecule has 1 unspecified atom stereocenters. The van der Waals surface area contributed by atoms with Crippen molar-refractivity contribution in [3.63, 3.8) is 0 Å². The Morgan fingerprint density at radius 3 is 2.71 bits per heavy atom. The molecular formula is C13H19NO3. The first kappa shape index (κ1) is 13.6. The normalized spacial score (nSPS) is 12.5. The zero-order valence-electron chi connectivity index (χ0n) is 10.5.